The van der Waals surface area contributed by atoms with Crippen molar-refractivity contribution in [2.24, 2.45) is 11.1 Å². The van der Waals surface area contributed by atoms with E-state index in [4.69, 9.17) is 22.1 Å². The largest absolute Gasteiger partial charge is 0.445 e. The minimum atomic E-state index is -3.21. The zero-order valence-electron chi connectivity index (χ0n) is 21.1. The van der Waals surface area contributed by atoms with Gasteiger partial charge in [-0.25, -0.2) is 32.1 Å². The van der Waals surface area contributed by atoms with Gasteiger partial charge in [0.2, 0.25) is 0 Å². The van der Waals surface area contributed by atoms with Crippen LogP contribution in [0.5, 0.6) is 0 Å². The molecular weight excluding hydrogens is 554 g/mol. The van der Waals surface area contributed by atoms with Gasteiger partial charge in [0, 0.05) is 37.0 Å². The van der Waals surface area contributed by atoms with E-state index in [0.29, 0.717) is 27.5 Å². The topological polar surface area (TPSA) is 110 Å². The van der Waals surface area contributed by atoms with Crippen molar-refractivity contribution in [1.29, 1.82) is 0 Å². The van der Waals surface area contributed by atoms with E-state index in [2.05, 4.69) is 15.6 Å². The number of alkyl halides is 2. The fourth-order valence-electron chi connectivity index (χ4n) is 5.09. The molecule has 2 aliphatic rings. The molecule has 3 amide bonds. The molecule has 3 aromatic rings. The van der Waals surface area contributed by atoms with Crippen LogP contribution in [0.15, 0.2) is 59.8 Å². The van der Waals surface area contributed by atoms with Crippen molar-refractivity contribution >= 4 is 40.3 Å². The number of halogens is 5. The minimum absolute atomic E-state index is 0.0664. The molecule has 210 valence electrons. The zero-order chi connectivity index (χ0) is 28.8. The summed E-state index contributed by atoms with van der Waals surface area (Å²) in [6.07, 6.45) is -0.0528. The third-order valence-electron chi connectivity index (χ3n) is 7.21. The predicted molar refractivity (Wildman–Crippen MR) is 140 cm³/mol. The number of nitrogens with zero attached hydrogens (tertiary/aromatic N) is 2. The van der Waals surface area contributed by atoms with Crippen molar-refractivity contribution in [1.82, 2.24) is 15.2 Å². The highest BCUT2D eigenvalue weighted by Gasteiger charge is 2.80. The van der Waals surface area contributed by atoms with E-state index in [1.54, 1.807) is 12.1 Å². The molecule has 0 aliphatic heterocycles. The molecule has 1 heterocycles. The summed E-state index contributed by atoms with van der Waals surface area (Å²) < 4.78 is 61.1. The van der Waals surface area contributed by atoms with Gasteiger partial charge < -0.3 is 20.7 Å². The maximum atomic E-state index is 14.3. The molecule has 2 atom stereocenters. The van der Waals surface area contributed by atoms with E-state index < -0.39 is 54.1 Å². The van der Waals surface area contributed by atoms with Crippen molar-refractivity contribution < 1.29 is 31.9 Å². The summed E-state index contributed by atoms with van der Waals surface area (Å²) in [7, 11) is 1.45. The van der Waals surface area contributed by atoms with E-state index in [0.717, 1.165) is 0 Å². The third kappa shape index (κ3) is 5.16. The van der Waals surface area contributed by atoms with Gasteiger partial charge in [-0.1, -0.05) is 23.7 Å². The number of rotatable bonds is 9. The van der Waals surface area contributed by atoms with E-state index in [9.17, 15) is 27.2 Å². The van der Waals surface area contributed by atoms with Gasteiger partial charge in [0.1, 0.15) is 24.1 Å². The Morgan fingerprint density at radius 3 is 2.73 bits per heavy atom. The number of carbonyl (C=O) groups is 2. The molecule has 0 spiro atoms. The van der Waals surface area contributed by atoms with E-state index in [1.807, 2.05) is 0 Å². The molecule has 1 fully saturated rings. The summed E-state index contributed by atoms with van der Waals surface area (Å²) in [5, 5.41) is 6.11. The molecule has 8 nitrogen and oxygen atoms in total. The number of benzene rings is 2. The summed E-state index contributed by atoms with van der Waals surface area (Å²) in [5.41, 5.74) is 5.56. The number of likely N-dealkylation sites (N-methyl/N-ethyl adjacent to an activating group) is 1. The van der Waals surface area contributed by atoms with Crippen LogP contribution in [-0.4, -0.2) is 54.2 Å². The first kappa shape index (κ1) is 27.7. The highest BCUT2D eigenvalue weighted by Crippen LogP contribution is 2.78. The van der Waals surface area contributed by atoms with Crippen LogP contribution in [0.4, 0.5) is 33.0 Å². The number of aromatic nitrogens is 1. The van der Waals surface area contributed by atoms with Gasteiger partial charge in [0.25, 0.3) is 5.92 Å². The number of carbonyl (C=O) groups excluding carboxylic acids is 2. The van der Waals surface area contributed by atoms with Gasteiger partial charge in [0.05, 0.1) is 17.6 Å². The smallest absolute Gasteiger partial charge is 0.413 e. The SMILES string of the molecule is CN(C(=O)NCc1cccc(F)c1Cl)C1C2=C(COC(=O)Nc3cc4cc(F)ccc4cn3)C21CC(F)(F)CN. The lowest BCUT2D eigenvalue weighted by molar-refractivity contribution is -0.0128. The first-order valence-corrected chi connectivity index (χ1v) is 12.6. The number of hydrogen-bond acceptors (Lipinski definition) is 5. The number of amides is 3. The maximum absolute atomic E-state index is 14.3. The molecule has 2 aromatic carbocycles. The molecule has 0 radical (unpaired) electrons. The summed E-state index contributed by atoms with van der Waals surface area (Å²) in [6.45, 7) is -1.22. The number of anilines is 1. The Labute approximate surface area is 231 Å². The lowest BCUT2D eigenvalue weighted by atomic mass is 9.97. The quantitative estimate of drug-likeness (QED) is 0.239. The number of pyridine rings is 1. The van der Waals surface area contributed by atoms with Crippen molar-refractivity contribution in [2.45, 2.75) is 24.9 Å². The number of urea groups is 1. The molecule has 5 rings (SSSR count). The summed E-state index contributed by atoms with van der Waals surface area (Å²) in [4.78, 5) is 30.5. The lowest BCUT2D eigenvalue weighted by Crippen LogP contribution is -2.43. The van der Waals surface area contributed by atoms with Crippen LogP contribution >= 0.6 is 11.6 Å². The van der Waals surface area contributed by atoms with Crippen LogP contribution < -0.4 is 16.4 Å². The fourth-order valence-corrected chi connectivity index (χ4v) is 5.29. The Kier molecular flexibility index (Phi) is 7.09. The Morgan fingerprint density at radius 2 is 1.98 bits per heavy atom. The summed E-state index contributed by atoms with van der Waals surface area (Å²) >= 11 is 5.93. The molecule has 0 bridgehead atoms. The molecule has 4 N–H and O–H groups in total. The fraction of sp³-hybridized carbons (Fsp3) is 0.296. The van der Waals surface area contributed by atoms with Crippen molar-refractivity contribution in [3.8, 4) is 0 Å². The van der Waals surface area contributed by atoms with E-state index >= 15 is 0 Å². The highest BCUT2D eigenvalue weighted by atomic mass is 35.5. The van der Waals surface area contributed by atoms with Crippen LogP contribution in [0.1, 0.15) is 12.0 Å². The van der Waals surface area contributed by atoms with Gasteiger partial charge in [-0.05, 0) is 52.4 Å². The van der Waals surface area contributed by atoms with E-state index in [1.165, 1.54) is 48.5 Å². The van der Waals surface area contributed by atoms with Crippen LogP contribution in [0, 0.1) is 17.0 Å². The highest BCUT2D eigenvalue weighted by molar-refractivity contribution is 6.31. The van der Waals surface area contributed by atoms with E-state index in [-0.39, 0.29) is 24.0 Å². The number of fused-ring (bicyclic) bond motifs is 2. The van der Waals surface area contributed by atoms with Gasteiger partial charge >= 0.3 is 12.1 Å². The molecule has 1 saturated carbocycles. The Hall–Kier alpha value is -3.90. The van der Waals surface area contributed by atoms with Crippen molar-refractivity contribution in [3.05, 3.63) is 82.0 Å². The number of nitrogens with two attached hydrogens (primary N) is 1. The van der Waals surface area contributed by atoms with Crippen LogP contribution in [-0.2, 0) is 11.3 Å². The van der Waals surface area contributed by atoms with Gasteiger partial charge in [-0.3, -0.25) is 5.32 Å². The molecule has 0 saturated heterocycles. The monoisotopic (exact) mass is 577 g/mol. The zero-order valence-corrected chi connectivity index (χ0v) is 21.9. The number of hydrogen-bond donors (Lipinski definition) is 3. The lowest BCUT2D eigenvalue weighted by Gasteiger charge is -2.26. The van der Waals surface area contributed by atoms with Gasteiger partial charge in [-0.15, -0.1) is 0 Å². The van der Waals surface area contributed by atoms with Crippen molar-refractivity contribution in [2.75, 3.05) is 25.5 Å². The average molecular weight is 578 g/mol. The maximum Gasteiger partial charge on any atom is 0.413 e. The predicted octanol–water partition coefficient (Wildman–Crippen LogP) is 5.22. The van der Waals surface area contributed by atoms with Crippen LogP contribution in [0.3, 0.4) is 0 Å². The first-order valence-electron chi connectivity index (χ1n) is 12.2. The molecule has 13 heteroatoms. The normalized spacial score (nSPS) is 19.2. The Balaban J connectivity index is 1.22. The second-order valence-electron chi connectivity index (χ2n) is 9.75. The van der Waals surface area contributed by atoms with Crippen LogP contribution in [0.25, 0.3) is 10.8 Å². The van der Waals surface area contributed by atoms with Crippen LogP contribution in [0.2, 0.25) is 5.02 Å². The molecule has 2 unspecified atom stereocenters. The summed E-state index contributed by atoms with van der Waals surface area (Å²) in [6, 6.07) is 8.60. The molecular formula is C27H24ClF4N5O3. The number of ether oxygens (including phenoxy) is 1. The molecule has 1 aromatic heterocycles. The van der Waals surface area contributed by atoms with Gasteiger partial charge in [0.15, 0.2) is 0 Å². The first-order chi connectivity index (χ1) is 19.0. The number of nitrogens with one attached hydrogen (secondary N) is 2. The summed E-state index contributed by atoms with van der Waals surface area (Å²) in [5.74, 6) is -4.16. The second-order valence-corrected chi connectivity index (χ2v) is 10.1. The van der Waals surface area contributed by atoms with Gasteiger partial charge in [-0.2, -0.15) is 0 Å². The molecule has 40 heavy (non-hydrogen) atoms. The molecule has 2 aliphatic carbocycles. The van der Waals surface area contributed by atoms with Crippen molar-refractivity contribution in [3.63, 3.8) is 0 Å². The second kappa shape index (κ2) is 10.3. The standard InChI is InChI=1S/C27H24ClF4N5O3/c1-37(24(38)35-10-15-3-2-4-19(30)22(15)28)23-21-18(27(21,23)12-26(31,32)13-33)11-40-25(39)36-20-8-16-7-17(29)6-5-14(16)9-34-20/h2-9,23H,10-13,33H2,1H3,(H,35,38)(H,34,36,39). The Morgan fingerprint density at radius 1 is 1.20 bits per heavy atom. The Bertz CT molecular complexity index is 1550. The average Bonchev–Trinajstić information content (AvgIpc) is 3.76. The minimum Gasteiger partial charge on any atom is -0.445 e. The third-order valence-corrected chi connectivity index (χ3v) is 7.63.